The second-order valence-corrected chi connectivity index (χ2v) is 5.93. The van der Waals surface area contributed by atoms with Crippen LogP contribution in [0, 0.1) is 6.92 Å². The zero-order valence-corrected chi connectivity index (χ0v) is 11.3. The molecule has 0 saturated heterocycles. The van der Waals surface area contributed by atoms with Gasteiger partial charge in [-0.15, -0.1) is 11.3 Å². The number of hydrogen-bond donors (Lipinski definition) is 1. The summed E-state index contributed by atoms with van der Waals surface area (Å²) in [5, 5.41) is 11.3. The lowest BCUT2D eigenvalue weighted by Crippen LogP contribution is -1.93. The molecular weight excluding hydrogens is 268 g/mol. The van der Waals surface area contributed by atoms with Gasteiger partial charge in [-0.3, -0.25) is 0 Å². The number of hydrogen-bond acceptors (Lipinski definition) is 3. The molecule has 0 spiro atoms. The van der Waals surface area contributed by atoms with Gasteiger partial charge in [0.1, 0.15) is 17.4 Å². The molecule has 92 valence electrons. The maximum Gasteiger partial charge on any atom is 0.146 e. The molecule has 1 aromatic carbocycles. The maximum absolute atomic E-state index is 10.3. The van der Waals surface area contributed by atoms with E-state index in [9.17, 15) is 5.11 Å². The van der Waals surface area contributed by atoms with Gasteiger partial charge in [-0.2, -0.15) is 0 Å². The van der Waals surface area contributed by atoms with Crippen LogP contribution in [-0.4, -0.2) is 5.11 Å². The molecule has 0 bridgehead atoms. The van der Waals surface area contributed by atoms with Crippen molar-refractivity contribution in [2.45, 2.75) is 13.0 Å². The van der Waals surface area contributed by atoms with Crippen molar-refractivity contribution in [2.75, 3.05) is 0 Å². The summed E-state index contributed by atoms with van der Waals surface area (Å²) in [7, 11) is 0. The van der Waals surface area contributed by atoms with Crippen LogP contribution >= 0.6 is 22.9 Å². The van der Waals surface area contributed by atoms with Crippen molar-refractivity contribution in [1.29, 1.82) is 0 Å². The standard InChI is InChI=1S/C14H11ClO2S/c1-8-3-2-4-9-7-10(17-14(8)9)13(16)11-5-6-12(15)18-11/h2-7,13,16H,1H3. The van der Waals surface area contributed by atoms with Gasteiger partial charge >= 0.3 is 0 Å². The third-order valence-corrected chi connectivity index (χ3v) is 4.18. The van der Waals surface area contributed by atoms with Crippen molar-refractivity contribution >= 4 is 33.9 Å². The molecule has 2 nitrogen and oxygen atoms in total. The molecule has 0 aliphatic carbocycles. The van der Waals surface area contributed by atoms with Gasteiger partial charge in [0.25, 0.3) is 0 Å². The van der Waals surface area contributed by atoms with Gasteiger partial charge in [-0.1, -0.05) is 29.8 Å². The summed E-state index contributed by atoms with van der Waals surface area (Å²) in [6.45, 7) is 1.99. The molecule has 0 saturated carbocycles. The van der Waals surface area contributed by atoms with Gasteiger partial charge in [0.2, 0.25) is 0 Å². The Morgan fingerprint density at radius 3 is 2.78 bits per heavy atom. The molecule has 3 aromatic rings. The molecule has 4 heteroatoms. The average Bonchev–Trinajstić information content (AvgIpc) is 2.95. The zero-order valence-electron chi connectivity index (χ0n) is 9.68. The molecule has 1 atom stereocenters. The van der Waals surface area contributed by atoms with Crippen molar-refractivity contribution in [2.24, 2.45) is 0 Å². The van der Waals surface area contributed by atoms with Crippen LogP contribution in [0.2, 0.25) is 4.34 Å². The molecular formula is C14H11ClO2S. The van der Waals surface area contributed by atoms with Crippen molar-refractivity contribution in [1.82, 2.24) is 0 Å². The Morgan fingerprint density at radius 1 is 1.28 bits per heavy atom. The van der Waals surface area contributed by atoms with Crippen molar-refractivity contribution in [3.63, 3.8) is 0 Å². The monoisotopic (exact) mass is 278 g/mol. The predicted molar refractivity (Wildman–Crippen MR) is 74.3 cm³/mol. The van der Waals surface area contributed by atoms with Crippen LogP contribution < -0.4 is 0 Å². The number of aliphatic hydroxyl groups is 1. The Labute approximate surface area is 113 Å². The topological polar surface area (TPSA) is 33.4 Å². The quantitative estimate of drug-likeness (QED) is 0.747. The van der Waals surface area contributed by atoms with E-state index in [-0.39, 0.29) is 0 Å². The highest BCUT2D eigenvalue weighted by atomic mass is 35.5. The molecule has 2 heterocycles. The van der Waals surface area contributed by atoms with Gasteiger partial charge in [0.05, 0.1) is 4.34 Å². The highest BCUT2D eigenvalue weighted by Gasteiger charge is 2.17. The molecule has 0 amide bonds. The number of thiophene rings is 1. The van der Waals surface area contributed by atoms with E-state index in [0.717, 1.165) is 21.4 Å². The Balaban J connectivity index is 2.06. The second kappa shape index (κ2) is 4.43. The van der Waals surface area contributed by atoms with Crippen molar-refractivity contribution < 1.29 is 9.52 Å². The van der Waals surface area contributed by atoms with Crippen LogP contribution in [0.25, 0.3) is 11.0 Å². The van der Waals surface area contributed by atoms with Crippen molar-refractivity contribution in [3.05, 3.63) is 56.9 Å². The van der Waals surface area contributed by atoms with Gasteiger partial charge < -0.3 is 9.52 Å². The van der Waals surface area contributed by atoms with Crippen LogP contribution in [0.1, 0.15) is 22.3 Å². The number of furan rings is 1. The highest BCUT2D eigenvalue weighted by molar-refractivity contribution is 7.16. The fraction of sp³-hybridized carbons (Fsp3) is 0.143. The van der Waals surface area contributed by atoms with Crippen molar-refractivity contribution in [3.8, 4) is 0 Å². The molecule has 3 rings (SSSR count). The lowest BCUT2D eigenvalue weighted by Gasteiger charge is -2.03. The molecule has 0 radical (unpaired) electrons. The van der Waals surface area contributed by atoms with Gasteiger partial charge in [-0.05, 0) is 30.7 Å². The van der Waals surface area contributed by atoms with Gasteiger partial charge in [0.15, 0.2) is 0 Å². The molecule has 0 aliphatic rings. The first-order valence-corrected chi connectivity index (χ1v) is 6.77. The van der Waals surface area contributed by atoms with Gasteiger partial charge in [-0.25, -0.2) is 0 Å². The molecule has 1 N–H and O–H groups in total. The largest absolute Gasteiger partial charge is 0.458 e. The second-order valence-electron chi connectivity index (χ2n) is 4.19. The van der Waals surface area contributed by atoms with Crippen LogP contribution in [0.5, 0.6) is 0 Å². The first-order chi connectivity index (χ1) is 8.65. The summed E-state index contributed by atoms with van der Waals surface area (Å²) >= 11 is 7.23. The third kappa shape index (κ3) is 1.94. The van der Waals surface area contributed by atoms with E-state index in [4.69, 9.17) is 16.0 Å². The Bertz CT molecular complexity index is 699. The lowest BCUT2D eigenvalue weighted by atomic mass is 10.1. The first-order valence-electron chi connectivity index (χ1n) is 5.57. The fourth-order valence-corrected chi connectivity index (χ4v) is 3.03. The average molecular weight is 279 g/mol. The summed E-state index contributed by atoms with van der Waals surface area (Å²) in [4.78, 5) is 0.789. The number of fused-ring (bicyclic) bond motifs is 1. The number of rotatable bonds is 2. The van der Waals surface area contributed by atoms with Crippen LogP contribution in [0.3, 0.4) is 0 Å². The third-order valence-electron chi connectivity index (χ3n) is 2.89. The minimum atomic E-state index is -0.755. The van der Waals surface area contributed by atoms with E-state index in [1.807, 2.05) is 37.3 Å². The molecule has 0 aliphatic heterocycles. The molecule has 18 heavy (non-hydrogen) atoms. The number of aliphatic hydroxyl groups excluding tert-OH is 1. The normalized spacial score (nSPS) is 13.1. The van der Waals surface area contributed by atoms with E-state index < -0.39 is 6.10 Å². The SMILES string of the molecule is Cc1cccc2cc(C(O)c3ccc(Cl)s3)oc12. The first kappa shape index (κ1) is 11.8. The summed E-state index contributed by atoms with van der Waals surface area (Å²) in [6, 6.07) is 11.4. The smallest absolute Gasteiger partial charge is 0.146 e. The summed E-state index contributed by atoms with van der Waals surface area (Å²) < 4.78 is 6.40. The number of benzene rings is 1. The minimum Gasteiger partial charge on any atom is -0.458 e. The van der Waals surface area contributed by atoms with E-state index in [2.05, 4.69) is 0 Å². The van der Waals surface area contributed by atoms with Crippen LogP contribution in [0.4, 0.5) is 0 Å². The zero-order chi connectivity index (χ0) is 12.7. The number of halogens is 1. The number of para-hydroxylation sites is 1. The Morgan fingerprint density at radius 2 is 2.11 bits per heavy atom. The van der Waals surface area contributed by atoms with E-state index in [0.29, 0.717) is 10.1 Å². The Kier molecular flexibility index (Phi) is 2.90. The molecule has 1 unspecified atom stereocenters. The lowest BCUT2D eigenvalue weighted by molar-refractivity contribution is 0.196. The van der Waals surface area contributed by atoms with E-state index >= 15 is 0 Å². The van der Waals surface area contributed by atoms with Gasteiger partial charge in [0, 0.05) is 10.3 Å². The predicted octanol–water partition coefficient (Wildman–Crippen LogP) is 4.54. The number of aryl methyl sites for hydroxylation is 1. The summed E-state index contributed by atoms with van der Waals surface area (Å²) in [5.41, 5.74) is 1.89. The van der Waals surface area contributed by atoms with E-state index in [1.165, 1.54) is 11.3 Å². The maximum atomic E-state index is 10.3. The minimum absolute atomic E-state index is 0.554. The van der Waals surface area contributed by atoms with E-state index in [1.54, 1.807) is 6.07 Å². The molecule has 2 aromatic heterocycles. The summed E-state index contributed by atoms with van der Waals surface area (Å²) in [6.07, 6.45) is -0.755. The van der Waals surface area contributed by atoms with Crippen LogP contribution in [0.15, 0.2) is 40.8 Å². The Hall–Kier alpha value is -1.29. The molecule has 0 fully saturated rings. The van der Waals surface area contributed by atoms with Crippen LogP contribution in [-0.2, 0) is 0 Å². The highest BCUT2D eigenvalue weighted by Crippen LogP contribution is 2.34. The summed E-state index contributed by atoms with van der Waals surface area (Å²) in [5.74, 6) is 0.554. The fourth-order valence-electron chi connectivity index (χ4n) is 1.98.